The Morgan fingerprint density at radius 3 is 2.74 bits per heavy atom. The van der Waals surface area contributed by atoms with E-state index in [1.54, 1.807) is 24.6 Å². The molecule has 0 aliphatic carbocycles. The maximum atomic E-state index is 11.9. The van der Waals surface area contributed by atoms with Gasteiger partial charge < -0.3 is 11.1 Å². The second kappa shape index (κ2) is 6.18. The first-order valence-corrected chi connectivity index (χ1v) is 7.62. The van der Waals surface area contributed by atoms with Crippen LogP contribution in [0.2, 0.25) is 0 Å². The average molecular weight is 293 g/mol. The highest BCUT2D eigenvalue weighted by molar-refractivity contribution is 8.01. The number of nitrogens with two attached hydrogens (primary N) is 1. The van der Waals surface area contributed by atoms with Crippen LogP contribution >= 0.6 is 23.1 Å². The summed E-state index contributed by atoms with van der Waals surface area (Å²) in [6.45, 7) is 0. The lowest BCUT2D eigenvalue weighted by Crippen LogP contribution is -2.53. The van der Waals surface area contributed by atoms with Crippen LogP contribution in [0, 0.1) is 0 Å². The van der Waals surface area contributed by atoms with Crippen LogP contribution < -0.4 is 11.1 Å². The number of thiazole rings is 1. The van der Waals surface area contributed by atoms with Gasteiger partial charge in [0.25, 0.3) is 0 Å². The van der Waals surface area contributed by atoms with Gasteiger partial charge >= 0.3 is 0 Å². The molecule has 0 saturated carbocycles. The smallest absolute Gasteiger partial charge is 0.243 e. The van der Waals surface area contributed by atoms with Crippen LogP contribution in [-0.2, 0) is 10.3 Å². The molecule has 1 unspecified atom stereocenters. The van der Waals surface area contributed by atoms with E-state index in [9.17, 15) is 4.79 Å². The molecule has 0 radical (unpaired) electrons. The Balaban J connectivity index is 2.27. The van der Waals surface area contributed by atoms with Crippen molar-refractivity contribution < 1.29 is 4.79 Å². The number of carbonyl (C=O) groups excluding carboxylic acids is 1. The van der Waals surface area contributed by atoms with Gasteiger partial charge in [0.05, 0.1) is 0 Å². The van der Waals surface area contributed by atoms with Crippen LogP contribution in [0.1, 0.15) is 5.56 Å². The largest absolute Gasteiger partial charge is 0.368 e. The molecule has 0 aliphatic rings. The van der Waals surface area contributed by atoms with Crippen molar-refractivity contribution in [2.24, 2.45) is 5.73 Å². The number of carbonyl (C=O) groups is 1. The van der Waals surface area contributed by atoms with E-state index in [4.69, 9.17) is 5.73 Å². The predicted molar refractivity (Wildman–Crippen MR) is 79.2 cm³/mol. The fourth-order valence-electron chi connectivity index (χ4n) is 1.81. The molecular formula is C13H15N3OS2. The molecule has 1 amide bonds. The third-order valence-electron chi connectivity index (χ3n) is 2.94. The molecule has 1 atom stereocenters. The second-order valence-electron chi connectivity index (χ2n) is 3.97. The third kappa shape index (κ3) is 2.97. The third-order valence-corrected chi connectivity index (χ3v) is 5.07. The van der Waals surface area contributed by atoms with Crippen molar-refractivity contribution in [3.63, 3.8) is 0 Å². The first kappa shape index (κ1) is 14.0. The minimum absolute atomic E-state index is 0.384. The fraction of sp³-hybridized carbons (Fsp3) is 0.231. The topological polar surface area (TPSA) is 68.0 Å². The van der Waals surface area contributed by atoms with Gasteiger partial charge in [0.1, 0.15) is 9.88 Å². The maximum Gasteiger partial charge on any atom is 0.243 e. The molecule has 0 bridgehead atoms. The maximum absolute atomic E-state index is 11.9. The van der Waals surface area contributed by atoms with Crippen LogP contribution in [-0.4, -0.2) is 23.7 Å². The SMILES string of the molecule is CNC(CSc1nccs1)(C(N)=O)c1ccccc1. The van der Waals surface area contributed by atoms with E-state index < -0.39 is 5.54 Å². The van der Waals surface area contributed by atoms with Crippen molar-refractivity contribution >= 4 is 29.0 Å². The summed E-state index contributed by atoms with van der Waals surface area (Å²) in [7, 11) is 1.75. The minimum atomic E-state index is -0.877. The number of thioether (sulfide) groups is 1. The lowest BCUT2D eigenvalue weighted by atomic mass is 9.91. The summed E-state index contributed by atoms with van der Waals surface area (Å²) in [5.74, 6) is 0.126. The van der Waals surface area contributed by atoms with Crippen LogP contribution in [0.5, 0.6) is 0 Å². The summed E-state index contributed by atoms with van der Waals surface area (Å²) in [6, 6.07) is 9.53. The molecule has 0 aliphatic heterocycles. The van der Waals surface area contributed by atoms with Gasteiger partial charge in [0.15, 0.2) is 0 Å². The number of likely N-dealkylation sites (N-methyl/N-ethyl adjacent to an activating group) is 1. The highest BCUT2D eigenvalue weighted by atomic mass is 32.2. The number of nitrogens with zero attached hydrogens (tertiary/aromatic N) is 1. The van der Waals surface area contributed by atoms with E-state index in [1.165, 1.54) is 11.8 Å². The number of hydrogen-bond acceptors (Lipinski definition) is 5. The molecule has 3 N–H and O–H groups in total. The van der Waals surface area contributed by atoms with Crippen LogP contribution in [0.4, 0.5) is 0 Å². The Morgan fingerprint density at radius 1 is 1.47 bits per heavy atom. The molecule has 1 aromatic heterocycles. The highest BCUT2D eigenvalue weighted by Crippen LogP contribution is 2.30. The van der Waals surface area contributed by atoms with E-state index in [-0.39, 0.29) is 5.91 Å². The van der Waals surface area contributed by atoms with E-state index in [1.807, 2.05) is 35.7 Å². The van der Waals surface area contributed by atoms with Gasteiger partial charge in [-0.1, -0.05) is 42.1 Å². The summed E-state index contributed by atoms with van der Waals surface area (Å²) in [5.41, 5.74) is 5.61. The Kier molecular flexibility index (Phi) is 4.57. The van der Waals surface area contributed by atoms with Gasteiger partial charge in [-0.05, 0) is 12.6 Å². The molecule has 2 rings (SSSR count). The van der Waals surface area contributed by atoms with E-state index in [2.05, 4.69) is 10.3 Å². The zero-order valence-corrected chi connectivity index (χ0v) is 12.1. The summed E-state index contributed by atoms with van der Waals surface area (Å²) in [4.78, 5) is 16.2. The van der Waals surface area contributed by atoms with Gasteiger partial charge in [-0.25, -0.2) is 4.98 Å². The van der Waals surface area contributed by atoms with Crippen molar-refractivity contribution in [1.82, 2.24) is 10.3 Å². The summed E-state index contributed by atoms with van der Waals surface area (Å²) < 4.78 is 0.928. The van der Waals surface area contributed by atoms with E-state index in [0.717, 1.165) is 9.90 Å². The van der Waals surface area contributed by atoms with Crippen molar-refractivity contribution in [3.05, 3.63) is 47.5 Å². The molecule has 1 heterocycles. The normalized spacial score (nSPS) is 13.9. The lowest BCUT2D eigenvalue weighted by molar-refractivity contribution is -0.123. The van der Waals surface area contributed by atoms with Crippen LogP contribution in [0.15, 0.2) is 46.2 Å². The number of primary amides is 1. The number of benzene rings is 1. The molecule has 0 spiro atoms. The molecule has 0 saturated heterocycles. The van der Waals surface area contributed by atoms with Crippen molar-refractivity contribution in [3.8, 4) is 0 Å². The van der Waals surface area contributed by atoms with Crippen LogP contribution in [0.3, 0.4) is 0 Å². The first-order valence-electron chi connectivity index (χ1n) is 5.75. The zero-order valence-electron chi connectivity index (χ0n) is 10.5. The van der Waals surface area contributed by atoms with Gasteiger partial charge in [-0.2, -0.15) is 0 Å². The molecular weight excluding hydrogens is 278 g/mol. The average Bonchev–Trinajstić information content (AvgIpc) is 2.94. The van der Waals surface area contributed by atoms with Gasteiger partial charge in [-0.15, -0.1) is 11.3 Å². The zero-order chi connectivity index (χ0) is 13.7. The standard InChI is InChI=1S/C13H15N3OS2/c1-15-13(11(14)17,10-5-3-2-4-6-10)9-19-12-16-7-8-18-12/h2-8,15H,9H2,1H3,(H2,14,17). The van der Waals surface area contributed by atoms with Gasteiger partial charge in [-0.3, -0.25) is 4.79 Å². The molecule has 2 aromatic rings. The molecule has 1 aromatic carbocycles. The summed E-state index contributed by atoms with van der Waals surface area (Å²) >= 11 is 3.08. The predicted octanol–water partition coefficient (Wildman–Crippen LogP) is 1.84. The van der Waals surface area contributed by atoms with Crippen LogP contribution in [0.25, 0.3) is 0 Å². The number of aromatic nitrogens is 1. The second-order valence-corrected chi connectivity index (χ2v) is 6.09. The van der Waals surface area contributed by atoms with Crippen molar-refractivity contribution in [1.29, 1.82) is 0 Å². The Labute approximate surface area is 120 Å². The van der Waals surface area contributed by atoms with Crippen molar-refractivity contribution in [2.45, 2.75) is 9.88 Å². The van der Waals surface area contributed by atoms with E-state index >= 15 is 0 Å². The minimum Gasteiger partial charge on any atom is -0.368 e. The Morgan fingerprint density at radius 2 is 2.21 bits per heavy atom. The summed E-state index contributed by atoms with van der Waals surface area (Å²) in [5, 5.41) is 4.99. The molecule has 6 heteroatoms. The number of nitrogens with one attached hydrogen (secondary N) is 1. The van der Waals surface area contributed by atoms with Gasteiger partial charge in [0.2, 0.25) is 5.91 Å². The number of hydrogen-bond donors (Lipinski definition) is 2. The van der Waals surface area contributed by atoms with E-state index in [0.29, 0.717) is 5.75 Å². The number of amides is 1. The lowest BCUT2D eigenvalue weighted by Gasteiger charge is -2.30. The Hall–Kier alpha value is -1.37. The number of rotatable bonds is 6. The molecule has 100 valence electrons. The quantitative estimate of drug-likeness (QED) is 0.797. The Bertz CT molecular complexity index is 530. The summed E-state index contributed by atoms with van der Waals surface area (Å²) in [6.07, 6.45) is 1.75. The molecule has 0 fully saturated rings. The van der Waals surface area contributed by atoms with Gasteiger partial charge in [0, 0.05) is 17.3 Å². The molecule has 19 heavy (non-hydrogen) atoms. The van der Waals surface area contributed by atoms with Crippen molar-refractivity contribution in [2.75, 3.05) is 12.8 Å². The fourth-order valence-corrected chi connectivity index (χ4v) is 3.71. The monoisotopic (exact) mass is 293 g/mol. The highest BCUT2D eigenvalue weighted by Gasteiger charge is 2.37. The molecule has 4 nitrogen and oxygen atoms in total. The first-order chi connectivity index (χ1) is 9.19.